The van der Waals surface area contributed by atoms with Crippen LogP contribution in [0.5, 0.6) is 0 Å². The highest BCUT2D eigenvalue weighted by Gasteiger charge is 2.28. The number of hydrogen-bond acceptors (Lipinski definition) is 3. The third kappa shape index (κ3) is 3.09. The number of rotatable bonds is 3. The van der Waals surface area contributed by atoms with Crippen LogP contribution < -0.4 is 0 Å². The number of benzene rings is 2. The zero-order valence-electron chi connectivity index (χ0n) is 15.1. The molecule has 0 spiro atoms. The molecule has 0 radical (unpaired) electrons. The highest BCUT2D eigenvalue weighted by Crippen LogP contribution is 2.37. The molecule has 27 heavy (non-hydrogen) atoms. The Kier molecular flexibility index (Phi) is 4.43. The molecule has 3 aromatic rings. The zero-order chi connectivity index (χ0) is 18.8. The summed E-state index contributed by atoms with van der Waals surface area (Å²) in [4.78, 5) is 19.5. The van der Waals surface area contributed by atoms with E-state index in [0.717, 1.165) is 46.1 Å². The minimum Gasteiger partial charge on any atom is -0.328 e. The SMILES string of the molecule is CN(CC#N)C(=O)c1c2c(nc3ccccc13)/C(=C\c1ccccc1)CC2. The molecule has 0 fully saturated rings. The highest BCUT2D eigenvalue weighted by molar-refractivity contribution is 6.09. The summed E-state index contributed by atoms with van der Waals surface area (Å²) in [5.74, 6) is -0.118. The number of nitrogens with zero attached hydrogens (tertiary/aromatic N) is 3. The van der Waals surface area contributed by atoms with E-state index in [1.807, 2.05) is 42.5 Å². The van der Waals surface area contributed by atoms with E-state index in [4.69, 9.17) is 10.2 Å². The number of amides is 1. The lowest BCUT2D eigenvalue weighted by atomic mass is 9.99. The summed E-state index contributed by atoms with van der Waals surface area (Å²) in [6.07, 6.45) is 3.80. The first-order valence-electron chi connectivity index (χ1n) is 8.99. The van der Waals surface area contributed by atoms with E-state index in [2.05, 4.69) is 24.3 Å². The summed E-state index contributed by atoms with van der Waals surface area (Å²) in [5, 5.41) is 9.83. The summed E-state index contributed by atoms with van der Waals surface area (Å²) in [6, 6.07) is 20.0. The zero-order valence-corrected chi connectivity index (χ0v) is 15.1. The molecule has 0 saturated carbocycles. The average molecular weight is 353 g/mol. The Morgan fingerprint density at radius 3 is 2.67 bits per heavy atom. The lowest BCUT2D eigenvalue weighted by molar-refractivity contribution is 0.0813. The van der Waals surface area contributed by atoms with Crippen LogP contribution in [0.15, 0.2) is 54.6 Å². The Balaban J connectivity index is 1.91. The van der Waals surface area contributed by atoms with Crippen molar-refractivity contribution in [1.82, 2.24) is 9.88 Å². The van der Waals surface area contributed by atoms with Crippen molar-refractivity contribution in [2.75, 3.05) is 13.6 Å². The fraction of sp³-hybridized carbons (Fsp3) is 0.174. The predicted molar refractivity (Wildman–Crippen MR) is 107 cm³/mol. The second-order valence-corrected chi connectivity index (χ2v) is 6.73. The molecule has 0 N–H and O–H groups in total. The van der Waals surface area contributed by atoms with Gasteiger partial charge in [-0.25, -0.2) is 4.98 Å². The number of carbonyl (C=O) groups excluding carboxylic acids is 1. The van der Waals surface area contributed by atoms with Gasteiger partial charge in [0.2, 0.25) is 0 Å². The number of hydrogen-bond donors (Lipinski definition) is 0. The molecule has 4 nitrogen and oxygen atoms in total. The number of pyridine rings is 1. The van der Waals surface area contributed by atoms with Crippen LogP contribution >= 0.6 is 0 Å². The molecule has 1 heterocycles. The van der Waals surface area contributed by atoms with Gasteiger partial charge in [0.1, 0.15) is 6.54 Å². The van der Waals surface area contributed by atoms with Crippen LogP contribution in [0.4, 0.5) is 0 Å². The van der Waals surface area contributed by atoms with E-state index in [1.54, 1.807) is 7.05 Å². The van der Waals surface area contributed by atoms with Crippen molar-refractivity contribution in [3.63, 3.8) is 0 Å². The molecular weight excluding hydrogens is 334 g/mol. The van der Waals surface area contributed by atoms with Gasteiger partial charge in [0.15, 0.2) is 0 Å². The average Bonchev–Trinajstić information content (AvgIpc) is 3.09. The molecule has 1 aliphatic carbocycles. The molecule has 0 atom stereocenters. The topological polar surface area (TPSA) is 57.0 Å². The number of fused-ring (bicyclic) bond motifs is 2. The van der Waals surface area contributed by atoms with Crippen molar-refractivity contribution in [2.24, 2.45) is 0 Å². The van der Waals surface area contributed by atoms with Crippen LogP contribution in [-0.4, -0.2) is 29.4 Å². The number of aromatic nitrogens is 1. The first-order valence-corrected chi connectivity index (χ1v) is 8.99. The predicted octanol–water partition coefficient (Wildman–Crippen LogP) is 4.32. The van der Waals surface area contributed by atoms with Crippen LogP contribution in [0.2, 0.25) is 0 Å². The normalized spacial score (nSPS) is 14.1. The fourth-order valence-electron chi connectivity index (χ4n) is 3.64. The van der Waals surface area contributed by atoms with E-state index >= 15 is 0 Å². The molecule has 0 bridgehead atoms. The Morgan fingerprint density at radius 1 is 1.15 bits per heavy atom. The Bertz CT molecular complexity index is 1090. The second kappa shape index (κ2) is 7.05. The lowest BCUT2D eigenvalue weighted by Gasteiger charge is -2.17. The molecule has 1 aliphatic rings. The molecule has 2 aromatic carbocycles. The molecule has 1 aromatic heterocycles. The monoisotopic (exact) mass is 353 g/mol. The van der Waals surface area contributed by atoms with Crippen LogP contribution in [-0.2, 0) is 6.42 Å². The Hall–Kier alpha value is -3.45. The molecule has 4 heteroatoms. The van der Waals surface area contributed by atoms with Crippen molar-refractivity contribution >= 4 is 28.5 Å². The Morgan fingerprint density at radius 2 is 1.89 bits per heavy atom. The summed E-state index contributed by atoms with van der Waals surface area (Å²) < 4.78 is 0. The quantitative estimate of drug-likeness (QED) is 0.659. The Labute approximate surface area is 158 Å². The van der Waals surface area contributed by atoms with Gasteiger partial charge in [0.05, 0.1) is 22.8 Å². The number of carbonyl (C=O) groups is 1. The van der Waals surface area contributed by atoms with Crippen molar-refractivity contribution in [1.29, 1.82) is 5.26 Å². The summed E-state index contributed by atoms with van der Waals surface area (Å²) >= 11 is 0. The van der Waals surface area contributed by atoms with Crippen molar-refractivity contribution < 1.29 is 4.79 Å². The first-order chi connectivity index (χ1) is 13.2. The molecule has 4 rings (SSSR count). The lowest BCUT2D eigenvalue weighted by Crippen LogP contribution is -2.28. The van der Waals surface area contributed by atoms with E-state index in [-0.39, 0.29) is 12.5 Å². The van der Waals surface area contributed by atoms with Gasteiger partial charge in [-0.2, -0.15) is 5.26 Å². The van der Waals surface area contributed by atoms with Crippen LogP contribution in [0, 0.1) is 11.3 Å². The van der Waals surface area contributed by atoms with Crippen LogP contribution in [0.25, 0.3) is 22.6 Å². The van der Waals surface area contributed by atoms with Gasteiger partial charge >= 0.3 is 0 Å². The van der Waals surface area contributed by atoms with Gasteiger partial charge in [-0.05, 0) is 41.7 Å². The minimum absolute atomic E-state index is 0.0664. The molecular formula is C23H19N3O. The van der Waals surface area contributed by atoms with Gasteiger partial charge < -0.3 is 4.90 Å². The molecule has 0 saturated heterocycles. The third-order valence-corrected chi connectivity index (χ3v) is 4.95. The number of para-hydroxylation sites is 1. The van der Waals surface area contributed by atoms with Crippen LogP contribution in [0.1, 0.15) is 33.6 Å². The van der Waals surface area contributed by atoms with Crippen LogP contribution in [0.3, 0.4) is 0 Å². The summed E-state index contributed by atoms with van der Waals surface area (Å²) in [7, 11) is 1.67. The maximum atomic E-state index is 13.1. The summed E-state index contributed by atoms with van der Waals surface area (Å²) in [6.45, 7) is 0.0664. The largest absolute Gasteiger partial charge is 0.328 e. The number of nitriles is 1. The maximum absolute atomic E-state index is 13.1. The molecule has 0 unspecified atom stereocenters. The third-order valence-electron chi connectivity index (χ3n) is 4.95. The van der Waals surface area contributed by atoms with E-state index in [0.29, 0.717) is 5.56 Å². The molecule has 0 aliphatic heterocycles. The molecule has 132 valence electrons. The van der Waals surface area contributed by atoms with Gasteiger partial charge in [0.25, 0.3) is 5.91 Å². The van der Waals surface area contributed by atoms with E-state index in [9.17, 15) is 4.79 Å². The fourth-order valence-corrected chi connectivity index (χ4v) is 3.64. The van der Waals surface area contributed by atoms with E-state index in [1.165, 1.54) is 4.90 Å². The standard InChI is InChI=1S/C23H19N3O/c1-26(14-13-24)23(27)21-18-9-5-6-10-20(18)25-22-17(11-12-19(21)22)15-16-7-3-2-4-8-16/h2-10,15H,11-12,14H2,1H3/b17-15-. The van der Waals surface area contributed by atoms with Crippen molar-refractivity contribution in [3.8, 4) is 6.07 Å². The van der Waals surface area contributed by atoms with Gasteiger partial charge in [-0.1, -0.05) is 48.5 Å². The van der Waals surface area contributed by atoms with Crippen molar-refractivity contribution in [3.05, 3.63) is 77.0 Å². The van der Waals surface area contributed by atoms with Crippen molar-refractivity contribution in [2.45, 2.75) is 12.8 Å². The second-order valence-electron chi connectivity index (χ2n) is 6.73. The highest BCUT2D eigenvalue weighted by atomic mass is 16.2. The summed E-state index contributed by atoms with van der Waals surface area (Å²) in [5.41, 5.74) is 5.68. The van der Waals surface area contributed by atoms with Gasteiger partial charge in [0, 0.05) is 12.4 Å². The smallest absolute Gasteiger partial charge is 0.255 e. The number of allylic oxidation sites excluding steroid dienone is 1. The molecule has 1 amide bonds. The minimum atomic E-state index is -0.118. The van der Waals surface area contributed by atoms with Gasteiger partial charge in [-0.3, -0.25) is 4.79 Å². The first kappa shape index (κ1) is 17.0. The van der Waals surface area contributed by atoms with E-state index < -0.39 is 0 Å². The maximum Gasteiger partial charge on any atom is 0.255 e. The van der Waals surface area contributed by atoms with Gasteiger partial charge in [-0.15, -0.1) is 0 Å².